The van der Waals surface area contributed by atoms with Crippen LogP contribution in [0.15, 0.2) is 41.5 Å². The molecule has 5 rings (SSSR count). The fourth-order valence-electron chi connectivity index (χ4n) is 4.58. The maximum atomic E-state index is 12.5. The summed E-state index contributed by atoms with van der Waals surface area (Å²) in [6.45, 7) is 5.08. The molecule has 3 aromatic rings. The van der Waals surface area contributed by atoms with E-state index in [0.29, 0.717) is 12.6 Å². The molecular weight excluding hydrogens is 406 g/mol. The number of aromatic nitrogens is 3. The molecule has 2 aliphatic rings. The first kappa shape index (κ1) is 20.9. The lowest BCUT2D eigenvalue weighted by atomic mass is 10.0. The molecule has 0 spiro atoms. The topological polar surface area (TPSA) is 81.5 Å². The molecular formula is C24H29N5O3. The number of benzene rings is 1. The van der Waals surface area contributed by atoms with Gasteiger partial charge in [-0.1, -0.05) is 0 Å². The zero-order valence-electron chi connectivity index (χ0n) is 18.4. The van der Waals surface area contributed by atoms with Crippen LogP contribution in [-0.4, -0.2) is 58.8 Å². The van der Waals surface area contributed by atoms with Gasteiger partial charge in [0.25, 0.3) is 5.56 Å². The van der Waals surface area contributed by atoms with Gasteiger partial charge < -0.3 is 24.3 Å². The largest absolute Gasteiger partial charge is 0.497 e. The second-order valence-corrected chi connectivity index (χ2v) is 8.48. The van der Waals surface area contributed by atoms with Crippen molar-refractivity contribution in [1.29, 1.82) is 0 Å². The van der Waals surface area contributed by atoms with E-state index in [0.717, 1.165) is 80.3 Å². The number of piperidine rings is 1. The zero-order chi connectivity index (χ0) is 21.9. The summed E-state index contributed by atoms with van der Waals surface area (Å²) in [7, 11) is 1.63. The Morgan fingerprint density at radius 2 is 2.03 bits per heavy atom. The summed E-state index contributed by atoms with van der Waals surface area (Å²) < 4.78 is 12.7. The van der Waals surface area contributed by atoms with Crippen LogP contribution in [0.25, 0.3) is 11.0 Å². The van der Waals surface area contributed by atoms with Crippen LogP contribution in [0.5, 0.6) is 11.5 Å². The van der Waals surface area contributed by atoms with E-state index < -0.39 is 0 Å². The summed E-state index contributed by atoms with van der Waals surface area (Å²) in [5.74, 6) is 1.66. The monoisotopic (exact) mass is 435 g/mol. The lowest BCUT2D eigenvalue weighted by Crippen LogP contribution is -2.43. The van der Waals surface area contributed by atoms with Gasteiger partial charge in [-0.05, 0) is 44.1 Å². The Labute approximate surface area is 187 Å². The Morgan fingerprint density at radius 1 is 1.16 bits per heavy atom. The molecule has 8 heteroatoms. The molecule has 2 aromatic heterocycles. The molecule has 1 N–H and O–H groups in total. The second kappa shape index (κ2) is 9.26. The van der Waals surface area contributed by atoms with Crippen molar-refractivity contribution in [3.63, 3.8) is 0 Å². The molecule has 0 atom stereocenters. The molecule has 0 aliphatic carbocycles. The Hall–Kier alpha value is -2.97. The standard InChI is InChI=1S/C24H29N5O3/c1-31-20-2-3-21-22(13-20)29(24(30)16-27-21)10-9-28-7-4-18(5-8-28)25-14-19-12-17-6-11-32-23(17)15-26-19/h2-3,12-13,15-16,18,25H,4-11,14H2,1H3. The van der Waals surface area contributed by atoms with E-state index in [4.69, 9.17) is 9.47 Å². The van der Waals surface area contributed by atoms with Gasteiger partial charge >= 0.3 is 0 Å². The third kappa shape index (κ3) is 4.47. The Kier molecular flexibility index (Phi) is 6.05. The van der Waals surface area contributed by atoms with Crippen molar-refractivity contribution >= 4 is 11.0 Å². The molecule has 4 heterocycles. The van der Waals surface area contributed by atoms with E-state index in [2.05, 4.69) is 26.3 Å². The van der Waals surface area contributed by atoms with Gasteiger partial charge in [0.2, 0.25) is 0 Å². The highest BCUT2D eigenvalue weighted by atomic mass is 16.5. The fourth-order valence-corrected chi connectivity index (χ4v) is 4.58. The highest BCUT2D eigenvalue weighted by Crippen LogP contribution is 2.24. The second-order valence-electron chi connectivity index (χ2n) is 8.48. The Bertz CT molecular complexity index is 1150. The van der Waals surface area contributed by atoms with Crippen molar-refractivity contribution in [2.45, 2.75) is 38.4 Å². The minimum atomic E-state index is -0.0745. The van der Waals surface area contributed by atoms with Crippen LogP contribution < -0.4 is 20.3 Å². The fraction of sp³-hybridized carbons (Fsp3) is 0.458. The summed E-state index contributed by atoms with van der Waals surface area (Å²) in [4.78, 5) is 23.7. The van der Waals surface area contributed by atoms with E-state index >= 15 is 0 Å². The van der Waals surface area contributed by atoms with Crippen LogP contribution in [-0.2, 0) is 19.5 Å². The molecule has 168 valence electrons. The molecule has 0 saturated carbocycles. The van der Waals surface area contributed by atoms with E-state index in [-0.39, 0.29) is 5.56 Å². The maximum absolute atomic E-state index is 12.5. The minimum absolute atomic E-state index is 0.0745. The van der Waals surface area contributed by atoms with Gasteiger partial charge in [0.15, 0.2) is 0 Å². The first-order valence-corrected chi connectivity index (χ1v) is 11.3. The maximum Gasteiger partial charge on any atom is 0.269 e. The number of fused-ring (bicyclic) bond motifs is 2. The predicted octanol–water partition coefficient (Wildman–Crippen LogP) is 1.99. The number of pyridine rings is 1. The Balaban J connectivity index is 1.14. The van der Waals surface area contributed by atoms with Crippen molar-refractivity contribution in [3.05, 3.63) is 58.3 Å². The van der Waals surface area contributed by atoms with Crippen LogP contribution in [0.1, 0.15) is 24.1 Å². The number of rotatable bonds is 7. The van der Waals surface area contributed by atoms with Gasteiger partial charge in [0.05, 0.1) is 42.8 Å². The molecule has 1 fully saturated rings. The summed E-state index contributed by atoms with van der Waals surface area (Å²) in [6, 6.07) is 8.30. The highest BCUT2D eigenvalue weighted by Gasteiger charge is 2.20. The summed E-state index contributed by atoms with van der Waals surface area (Å²) in [5, 5.41) is 3.66. The smallest absolute Gasteiger partial charge is 0.269 e. The third-order valence-electron chi connectivity index (χ3n) is 6.49. The number of methoxy groups -OCH3 is 1. The predicted molar refractivity (Wildman–Crippen MR) is 122 cm³/mol. The minimum Gasteiger partial charge on any atom is -0.497 e. The Morgan fingerprint density at radius 3 is 2.88 bits per heavy atom. The number of likely N-dealkylation sites (tertiary alicyclic amines) is 1. The average molecular weight is 436 g/mol. The normalized spacial score (nSPS) is 16.8. The molecule has 2 aliphatic heterocycles. The third-order valence-corrected chi connectivity index (χ3v) is 6.49. The van der Waals surface area contributed by atoms with Crippen molar-refractivity contribution in [3.8, 4) is 11.5 Å². The van der Waals surface area contributed by atoms with Crippen LogP contribution >= 0.6 is 0 Å². The van der Waals surface area contributed by atoms with E-state index in [1.165, 1.54) is 11.8 Å². The molecule has 0 radical (unpaired) electrons. The number of hydrogen-bond acceptors (Lipinski definition) is 7. The lowest BCUT2D eigenvalue weighted by molar-refractivity contribution is 0.191. The molecule has 0 unspecified atom stereocenters. The molecule has 1 aromatic carbocycles. The van der Waals surface area contributed by atoms with Gasteiger partial charge in [0, 0.05) is 43.7 Å². The molecule has 8 nitrogen and oxygen atoms in total. The molecule has 1 saturated heterocycles. The van der Waals surface area contributed by atoms with Crippen LogP contribution in [0, 0.1) is 0 Å². The van der Waals surface area contributed by atoms with Crippen LogP contribution in [0.4, 0.5) is 0 Å². The highest BCUT2D eigenvalue weighted by molar-refractivity contribution is 5.76. The first-order chi connectivity index (χ1) is 15.7. The van der Waals surface area contributed by atoms with Gasteiger partial charge in [0.1, 0.15) is 11.5 Å². The zero-order valence-corrected chi connectivity index (χ0v) is 18.4. The van der Waals surface area contributed by atoms with Crippen molar-refractivity contribution < 1.29 is 9.47 Å². The summed E-state index contributed by atoms with van der Waals surface area (Å²) in [5.41, 5.74) is 3.90. The van der Waals surface area contributed by atoms with E-state index in [9.17, 15) is 4.79 Å². The van der Waals surface area contributed by atoms with Gasteiger partial charge in [-0.25, -0.2) is 4.98 Å². The van der Waals surface area contributed by atoms with Gasteiger partial charge in [-0.15, -0.1) is 0 Å². The van der Waals surface area contributed by atoms with Crippen LogP contribution in [0.3, 0.4) is 0 Å². The summed E-state index contributed by atoms with van der Waals surface area (Å²) >= 11 is 0. The van der Waals surface area contributed by atoms with Crippen molar-refractivity contribution in [2.24, 2.45) is 0 Å². The van der Waals surface area contributed by atoms with Gasteiger partial charge in [-0.3, -0.25) is 9.78 Å². The molecule has 32 heavy (non-hydrogen) atoms. The number of nitrogens with one attached hydrogen (secondary N) is 1. The number of nitrogens with zero attached hydrogens (tertiary/aromatic N) is 4. The SMILES string of the molecule is COc1ccc2ncc(=O)n(CCN3CCC(NCc4cc5c(cn4)OCC5)CC3)c2c1. The van der Waals surface area contributed by atoms with Crippen molar-refractivity contribution in [2.75, 3.05) is 33.4 Å². The average Bonchev–Trinajstić information content (AvgIpc) is 3.30. The quantitative estimate of drug-likeness (QED) is 0.608. The molecule has 0 amide bonds. The van der Waals surface area contributed by atoms with Crippen molar-refractivity contribution in [1.82, 2.24) is 24.8 Å². The van der Waals surface area contributed by atoms with E-state index in [1.807, 2.05) is 24.4 Å². The lowest BCUT2D eigenvalue weighted by Gasteiger charge is -2.32. The van der Waals surface area contributed by atoms with Gasteiger partial charge in [-0.2, -0.15) is 0 Å². The number of hydrogen-bond donors (Lipinski definition) is 1. The first-order valence-electron chi connectivity index (χ1n) is 11.3. The summed E-state index contributed by atoms with van der Waals surface area (Å²) in [6.07, 6.45) is 6.42. The van der Waals surface area contributed by atoms with Crippen LogP contribution in [0.2, 0.25) is 0 Å². The molecule has 0 bridgehead atoms. The number of ether oxygens (including phenoxy) is 2. The van der Waals surface area contributed by atoms with E-state index in [1.54, 1.807) is 11.7 Å².